The molecule has 17 heavy (non-hydrogen) atoms. The topological polar surface area (TPSA) is 25.8 Å². The summed E-state index contributed by atoms with van der Waals surface area (Å²) in [6, 6.07) is 9.95. The van der Waals surface area contributed by atoms with E-state index >= 15 is 0 Å². The van der Waals surface area contributed by atoms with E-state index in [1.807, 2.05) is 36.5 Å². The van der Waals surface area contributed by atoms with Gasteiger partial charge in [-0.2, -0.15) is 0 Å². The minimum absolute atomic E-state index is 0.320. The molecule has 86 valence electrons. The van der Waals surface area contributed by atoms with Crippen LogP contribution in [0.25, 0.3) is 16.4 Å². The van der Waals surface area contributed by atoms with Crippen LogP contribution in [0.1, 0.15) is 5.69 Å². The fraction of sp³-hybridized carbons (Fsp3) is 0.0769. The summed E-state index contributed by atoms with van der Waals surface area (Å²) >= 11 is 6.18. The third-order valence-electron chi connectivity index (χ3n) is 2.71. The molecule has 2 heterocycles. The number of nitrogens with zero attached hydrogens (tertiary/aromatic N) is 2. The van der Waals surface area contributed by atoms with E-state index in [2.05, 4.69) is 21.6 Å². The van der Waals surface area contributed by atoms with Crippen LogP contribution < -0.4 is 0 Å². The first-order valence-corrected chi connectivity index (χ1v) is 7.52. The zero-order valence-corrected chi connectivity index (χ0v) is 10.9. The van der Waals surface area contributed by atoms with Crippen LogP contribution in [0.3, 0.4) is 0 Å². The highest BCUT2D eigenvalue weighted by Crippen LogP contribution is 2.47. The second kappa shape index (κ2) is 4.17. The molecule has 0 spiro atoms. The Bertz CT molecular complexity index is 596. The molecule has 0 saturated carbocycles. The van der Waals surface area contributed by atoms with Crippen molar-refractivity contribution < 1.29 is 0 Å². The molecule has 4 heteroatoms. The number of aromatic nitrogens is 2. The number of halogens is 1. The van der Waals surface area contributed by atoms with Crippen LogP contribution in [0.15, 0.2) is 46.8 Å². The van der Waals surface area contributed by atoms with Gasteiger partial charge in [0.25, 0.3) is 0 Å². The second-order valence-corrected chi connectivity index (χ2v) is 6.25. The Morgan fingerprint density at radius 2 is 1.94 bits per heavy atom. The maximum atomic E-state index is 6.18. The van der Waals surface area contributed by atoms with Crippen molar-refractivity contribution in [2.45, 2.75) is 4.90 Å². The highest BCUT2D eigenvalue weighted by atomic mass is 35.5. The van der Waals surface area contributed by atoms with E-state index in [4.69, 9.17) is 11.6 Å². The van der Waals surface area contributed by atoms with Gasteiger partial charge in [-0.15, -0.1) is 0 Å². The molecule has 0 fully saturated rings. The molecule has 1 unspecified atom stereocenters. The molecule has 0 aliphatic carbocycles. The number of rotatable bonds is 1. The number of hydrogen-bond acceptors (Lipinski definition) is 2. The third-order valence-corrected chi connectivity index (χ3v) is 4.89. The second-order valence-electron chi connectivity index (χ2n) is 3.88. The predicted molar refractivity (Wildman–Crippen MR) is 74.5 cm³/mol. The Morgan fingerprint density at radius 1 is 1.18 bits per heavy atom. The molecular formula is C13H11ClN2S. The summed E-state index contributed by atoms with van der Waals surface area (Å²) in [5, 5.41) is 2.83. The lowest BCUT2D eigenvalue weighted by atomic mass is 10.2. The molecular weight excluding hydrogens is 252 g/mol. The van der Waals surface area contributed by atoms with Crippen LogP contribution in [0, 0.1) is 0 Å². The molecule has 0 radical (unpaired) electrons. The van der Waals surface area contributed by atoms with Gasteiger partial charge in [0.05, 0.1) is 10.7 Å². The van der Waals surface area contributed by atoms with Crippen molar-refractivity contribution in [3.8, 4) is 11.4 Å². The number of hydrogen-bond donors (Lipinski definition) is 1. The van der Waals surface area contributed by atoms with Crippen LogP contribution in [-0.2, 0) is 0 Å². The van der Waals surface area contributed by atoms with E-state index in [0.29, 0.717) is 0 Å². The first kappa shape index (κ1) is 10.8. The lowest BCUT2D eigenvalue weighted by molar-refractivity contribution is 1.09. The molecule has 1 atom stereocenters. The molecule has 0 saturated heterocycles. The summed E-state index contributed by atoms with van der Waals surface area (Å²) in [4.78, 5) is 10.1. The zero-order chi connectivity index (χ0) is 11.8. The predicted octanol–water partition coefficient (Wildman–Crippen LogP) is 3.68. The van der Waals surface area contributed by atoms with Gasteiger partial charge < -0.3 is 0 Å². The van der Waals surface area contributed by atoms with Gasteiger partial charge in [0.15, 0.2) is 5.82 Å². The average Bonchev–Trinajstić information content (AvgIpc) is 2.66. The Labute approximate surface area is 108 Å². The van der Waals surface area contributed by atoms with E-state index < -0.39 is 0 Å². The fourth-order valence-corrected chi connectivity index (χ4v) is 3.83. The highest BCUT2D eigenvalue weighted by molar-refractivity contribution is 8.19. The maximum absolute atomic E-state index is 6.18. The fourth-order valence-electron chi connectivity index (χ4n) is 1.84. The van der Waals surface area contributed by atoms with Crippen LogP contribution in [0.5, 0.6) is 0 Å². The first-order valence-electron chi connectivity index (χ1n) is 5.29. The smallest absolute Gasteiger partial charge is 0.159 e. The molecule has 2 aromatic rings. The largest absolute Gasteiger partial charge is 0.235 e. The van der Waals surface area contributed by atoms with Crippen LogP contribution >= 0.6 is 22.5 Å². The van der Waals surface area contributed by atoms with Gasteiger partial charge in [-0.3, -0.25) is 0 Å². The van der Waals surface area contributed by atoms with Crippen molar-refractivity contribution in [1.29, 1.82) is 0 Å². The van der Waals surface area contributed by atoms with E-state index in [9.17, 15) is 0 Å². The SMILES string of the molecule is C[SH]1C=C(Cl)c2nc(-c3ccccc3)ncc21. The van der Waals surface area contributed by atoms with E-state index in [1.165, 1.54) is 4.90 Å². The van der Waals surface area contributed by atoms with Crippen molar-refractivity contribution in [3.05, 3.63) is 47.6 Å². The number of benzene rings is 1. The number of fused-ring (bicyclic) bond motifs is 1. The molecule has 0 N–H and O–H groups in total. The van der Waals surface area contributed by atoms with Crippen molar-refractivity contribution in [3.63, 3.8) is 0 Å². The molecule has 1 aromatic heterocycles. The normalized spacial score (nSPS) is 19.9. The lowest BCUT2D eigenvalue weighted by Crippen LogP contribution is -1.93. The van der Waals surface area contributed by atoms with Crippen molar-refractivity contribution in [2.75, 3.05) is 6.26 Å². The Balaban J connectivity index is 2.12. The van der Waals surface area contributed by atoms with Crippen molar-refractivity contribution in [1.82, 2.24) is 9.97 Å². The van der Waals surface area contributed by atoms with Crippen molar-refractivity contribution in [2.24, 2.45) is 0 Å². The quantitative estimate of drug-likeness (QED) is 0.794. The lowest BCUT2D eigenvalue weighted by Gasteiger charge is -2.08. The third kappa shape index (κ3) is 1.85. The van der Waals surface area contributed by atoms with Crippen LogP contribution in [0.4, 0.5) is 0 Å². The van der Waals surface area contributed by atoms with E-state index in [1.54, 1.807) is 0 Å². The summed E-state index contributed by atoms with van der Waals surface area (Å²) < 4.78 is 0. The van der Waals surface area contributed by atoms with Gasteiger partial charge in [0.2, 0.25) is 0 Å². The van der Waals surface area contributed by atoms with Gasteiger partial charge in [-0.05, 0) is 11.7 Å². The van der Waals surface area contributed by atoms with Gasteiger partial charge >= 0.3 is 0 Å². The maximum Gasteiger partial charge on any atom is 0.159 e. The summed E-state index contributed by atoms with van der Waals surface area (Å²) in [6.07, 6.45) is 4.07. The van der Waals surface area contributed by atoms with Crippen molar-refractivity contribution >= 4 is 27.5 Å². The highest BCUT2D eigenvalue weighted by Gasteiger charge is 2.19. The molecule has 0 bridgehead atoms. The average molecular weight is 263 g/mol. The Morgan fingerprint density at radius 3 is 2.71 bits per heavy atom. The van der Waals surface area contributed by atoms with E-state index in [-0.39, 0.29) is 10.9 Å². The van der Waals surface area contributed by atoms with Gasteiger partial charge in [-0.25, -0.2) is 20.9 Å². The van der Waals surface area contributed by atoms with Gasteiger partial charge in [0.1, 0.15) is 0 Å². The van der Waals surface area contributed by atoms with Gasteiger partial charge in [-0.1, -0.05) is 41.9 Å². The van der Waals surface area contributed by atoms with Gasteiger partial charge in [0, 0.05) is 16.7 Å². The minimum Gasteiger partial charge on any atom is -0.235 e. The standard InChI is InChI=1S/C13H11ClN2S/c1-17-8-10(14)12-11(17)7-15-13(16-12)9-5-3-2-4-6-9/h2-8,17H,1H3. The summed E-state index contributed by atoms with van der Waals surface area (Å²) in [5.74, 6) is 0.737. The summed E-state index contributed by atoms with van der Waals surface area (Å²) in [5.41, 5.74) is 1.92. The molecule has 1 aromatic carbocycles. The summed E-state index contributed by atoms with van der Waals surface area (Å²) in [7, 11) is -0.320. The molecule has 1 aliphatic heterocycles. The number of thiol groups is 1. The Kier molecular flexibility index (Phi) is 2.65. The Hall–Kier alpha value is -1.32. The summed E-state index contributed by atoms with van der Waals surface area (Å²) in [6.45, 7) is 0. The molecule has 0 amide bonds. The minimum atomic E-state index is -0.320. The van der Waals surface area contributed by atoms with E-state index in [0.717, 1.165) is 22.1 Å². The van der Waals surface area contributed by atoms with Crippen LogP contribution in [-0.4, -0.2) is 16.2 Å². The van der Waals surface area contributed by atoms with Crippen LogP contribution in [0.2, 0.25) is 0 Å². The molecule has 3 rings (SSSR count). The zero-order valence-electron chi connectivity index (χ0n) is 9.26. The first-order chi connectivity index (χ1) is 8.25. The molecule has 2 nitrogen and oxygen atoms in total. The monoisotopic (exact) mass is 262 g/mol. The molecule has 1 aliphatic rings.